The number of aliphatic hydroxyl groups excluding tert-OH is 1. The molecule has 0 radical (unpaired) electrons. The van der Waals surface area contributed by atoms with Gasteiger partial charge in [-0.1, -0.05) is 52.3 Å². The summed E-state index contributed by atoms with van der Waals surface area (Å²) >= 11 is 0. The summed E-state index contributed by atoms with van der Waals surface area (Å²) in [6.07, 6.45) is 1.58. The monoisotopic (exact) mass is 534 g/mol. The molecule has 0 spiro atoms. The Morgan fingerprint density at radius 3 is 2.23 bits per heavy atom. The second kappa shape index (κ2) is 8.47. The van der Waals surface area contributed by atoms with E-state index in [1.807, 2.05) is 27.7 Å². The van der Waals surface area contributed by atoms with Crippen molar-refractivity contribution < 1.29 is 34.5 Å². The molecule has 2 fully saturated rings. The smallest absolute Gasteiger partial charge is 0.206 e. The molecular formula is C32H38O7. The number of aromatic hydroxyl groups is 1. The quantitative estimate of drug-likeness (QED) is 0.364. The van der Waals surface area contributed by atoms with Crippen LogP contribution in [0.5, 0.6) is 5.75 Å². The minimum Gasteiger partial charge on any atom is -0.507 e. The number of benzene rings is 1. The number of ketones is 4. The molecule has 1 aromatic rings. The van der Waals surface area contributed by atoms with Gasteiger partial charge in [-0.2, -0.15) is 0 Å². The first-order valence-corrected chi connectivity index (χ1v) is 13.9. The summed E-state index contributed by atoms with van der Waals surface area (Å²) in [7, 11) is 0. The zero-order valence-corrected chi connectivity index (χ0v) is 23.7. The Bertz CT molecular complexity index is 1410. The standard InChI is InChI=1S/C32H38O7/c1-14(2)25-15(3)23(17(5)33)28(37)32(39)29(38)26-27(36)24-19(9-8-10-20(24)34)16(4)30(26,6)22(31(25,32)7)13-21(35)18-11-12-18/h8-10,14,16,18,22,25,34,36,39H,11-13H2,1-7H3/t16-,22-,25+,30-,31-,32+/m0/s1. The van der Waals surface area contributed by atoms with Crippen LogP contribution in [0.1, 0.15) is 84.8 Å². The van der Waals surface area contributed by atoms with Crippen molar-refractivity contribution in [2.75, 3.05) is 0 Å². The van der Waals surface area contributed by atoms with E-state index in [0.717, 1.165) is 12.8 Å². The molecule has 0 saturated heterocycles. The average Bonchev–Trinajstić information content (AvgIpc) is 3.68. The normalized spacial score (nSPS) is 36.1. The third-order valence-electron chi connectivity index (χ3n) is 10.8. The van der Waals surface area contributed by atoms with Crippen molar-refractivity contribution >= 4 is 28.9 Å². The maximum atomic E-state index is 14.6. The molecule has 0 bridgehead atoms. The van der Waals surface area contributed by atoms with Crippen LogP contribution in [0.2, 0.25) is 0 Å². The molecule has 5 rings (SSSR count). The van der Waals surface area contributed by atoms with E-state index in [1.54, 1.807) is 26.0 Å². The van der Waals surface area contributed by atoms with Gasteiger partial charge < -0.3 is 15.3 Å². The molecule has 7 heteroatoms. The first-order chi connectivity index (χ1) is 18.1. The molecule has 6 atom stereocenters. The summed E-state index contributed by atoms with van der Waals surface area (Å²) in [5.41, 5.74) is -4.40. The predicted octanol–water partition coefficient (Wildman–Crippen LogP) is 4.85. The number of Topliss-reactive ketones (excluding diaryl/α,β-unsaturated/α-hetero) is 4. The van der Waals surface area contributed by atoms with Gasteiger partial charge >= 0.3 is 0 Å². The number of carbonyl (C=O) groups is 4. The first kappa shape index (κ1) is 27.5. The summed E-state index contributed by atoms with van der Waals surface area (Å²) < 4.78 is 0. The zero-order valence-electron chi connectivity index (χ0n) is 23.7. The lowest BCUT2D eigenvalue weighted by atomic mass is 9.36. The number of allylic oxidation sites excluding steroid dienone is 1. The third-order valence-corrected chi connectivity index (χ3v) is 10.8. The summed E-state index contributed by atoms with van der Waals surface area (Å²) in [5.74, 6) is -5.20. The SMILES string of the molecule is CC(=O)C1=C(C)[C@@H](C(C)C)[C@]2(C)[C@@H](CC(=O)C3CC3)[C@@]3(C)C(=C(O)c4c(O)cccc4[C@@H]3C)C(=O)[C@]2(O)C1=O. The highest BCUT2D eigenvalue weighted by atomic mass is 16.3. The second-order valence-corrected chi connectivity index (χ2v) is 13.0. The number of phenols is 1. The average molecular weight is 535 g/mol. The van der Waals surface area contributed by atoms with Crippen LogP contribution in [0.15, 0.2) is 34.9 Å². The van der Waals surface area contributed by atoms with Crippen molar-refractivity contribution in [3.8, 4) is 5.75 Å². The molecule has 4 aliphatic rings. The van der Waals surface area contributed by atoms with Gasteiger partial charge in [0, 0.05) is 28.7 Å². The molecule has 0 unspecified atom stereocenters. The van der Waals surface area contributed by atoms with Crippen LogP contribution in [0.3, 0.4) is 0 Å². The molecule has 0 aliphatic heterocycles. The van der Waals surface area contributed by atoms with Crippen molar-refractivity contribution in [1.82, 2.24) is 0 Å². The van der Waals surface area contributed by atoms with E-state index in [9.17, 15) is 34.5 Å². The van der Waals surface area contributed by atoms with Crippen molar-refractivity contribution in [3.63, 3.8) is 0 Å². The van der Waals surface area contributed by atoms with Gasteiger partial charge in [0.1, 0.15) is 17.3 Å². The molecular weight excluding hydrogens is 496 g/mol. The maximum Gasteiger partial charge on any atom is 0.206 e. The van der Waals surface area contributed by atoms with Gasteiger partial charge in [0.25, 0.3) is 0 Å². The Morgan fingerprint density at radius 1 is 1.08 bits per heavy atom. The molecule has 0 amide bonds. The lowest BCUT2D eigenvalue weighted by Gasteiger charge is -2.66. The van der Waals surface area contributed by atoms with E-state index >= 15 is 0 Å². The molecule has 3 N–H and O–H groups in total. The minimum atomic E-state index is -2.68. The number of rotatable bonds is 5. The van der Waals surface area contributed by atoms with Crippen LogP contribution >= 0.6 is 0 Å². The summed E-state index contributed by atoms with van der Waals surface area (Å²) in [4.78, 5) is 55.2. The molecule has 7 nitrogen and oxygen atoms in total. The maximum absolute atomic E-state index is 14.6. The minimum absolute atomic E-state index is 0.0147. The number of phenolic OH excluding ortho intramolecular Hbond substituents is 1. The Kier molecular flexibility index (Phi) is 5.97. The van der Waals surface area contributed by atoms with E-state index < -0.39 is 57.3 Å². The fourth-order valence-corrected chi connectivity index (χ4v) is 8.81. The molecule has 0 heterocycles. The van der Waals surface area contributed by atoms with Crippen LogP contribution in [0.4, 0.5) is 0 Å². The van der Waals surface area contributed by atoms with Crippen LogP contribution < -0.4 is 0 Å². The van der Waals surface area contributed by atoms with Crippen molar-refractivity contribution in [2.24, 2.45) is 34.5 Å². The highest BCUT2D eigenvalue weighted by Gasteiger charge is 2.76. The fourth-order valence-electron chi connectivity index (χ4n) is 8.81. The predicted molar refractivity (Wildman–Crippen MR) is 145 cm³/mol. The second-order valence-electron chi connectivity index (χ2n) is 13.0. The fraction of sp³-hybridized carbons (Fsp3) is 0.562. The van der Waals surface area contributed by atoms with Crippen LogP contribution in [0.25, 0.3) is 5.76 Å². The van der Waals surface area contributed by atoms with Crippen molar-refractivity contribution in [3.05, 3.63) is 46.0 Å². The lowest BCUT2D eigenvalue weighted by Crippen LogP contribution is -2.74. The molecule has 208 valence electrons. The Labute approximate surface area is 229 Å². The Hall–Kier alpha value is -3.06. The number of carbonyl (C=O) groups excluding carboxylic acids is 4. The molecule has 39 heavy (non-hydrogen) atoms. The van der Waals surface area contributed by atoms with Gasteiger partial charge in [-0.05, 0) is 62.0 Å². The molecule has 1 aromatic carbocycles. The summed E-state index contributed by atoms with van der Waals surface area (Å²) in [6.45, 7) is 12.3. The van der Waals surface area contributed by atoms with Gasteiger partial charge in [-0.25, -0.2) is 0 Å². The number of hydrogen-bond acceptors (Lipinski definition) is 7. The molecule has 2 saturated carbocycles. The third kappa shape index (κ3) is 3.19. The number of fused-ring (bicyclic) bond motifs is 3. The highest BCUT2D eigenvalue weighted by molar-refractivity contribution is 6.33. The van der Waals surface area contributed by atoms with E-state index in [2.05, 4.69) is 0 Å². The summed E-state index contributed by atoms with van der Waals surface area (Å²) in [5, 5.41) is 34.9. The Balaban J connectivity index is 1.92. The van der Waals surface area contributed by atoms with E-state index in [0.29, 0.717) is 11.1 Å². The Morgan fingerprint density at radius 2 is 1.69 bits per heavy atom. The zero-order chi connectivity index (χ0) is 29.0. The van der Waals surface area contributed by atoms with Crippen molar-refractivity contribution in [2.45, 2.75) is 79.2 Å². The van der Waals surface area contributed by atoms with Gasteiger partial charge in [-0.15, -0.1) is 0 Å². The van der Waals surface area contributed by atoms with Gasteiger partial charge in [0.2, 0.25) is 11.6 Å². The van der Waals surface area contributed by atoms with E-state index in [1.165, 1.54) is 13.0 Å². The summed E-state index contributed by atoms with van der Waals surface area (Å²) in [6, 6.07) is 4.87. The van der Waals surface area contributed by atoms with E-state index in [-0.39, 0.29) is 46.5 Å². The van der Waals surface area contributed by atoms with Crippen LogP contribution in [-0.4, -0.2) is 44.1 Å². The van der Waals surface area contributed by atoms with Gasteiger partial charge in [-0.3, -0.25) is 19.2 Å². The topological polar surface area (TPSA) is 129 Å². The molecule has 0 aromatic heterocycles. The lowest BCUT2D eigenvalue weighted by molar-refractivity contribution is -0.198. The highest BCUT2D eigenvalue weighted by Crippen LogP contribution is 2.71. The van der Waals surface area contributed by atoms with Crippen molar-refractivity contribution in [1.29, 1.82) is 0 Å². The molecule has 4 aliphatic carbocycles. The van der Waals surface area contributed by atoms with Gasteiger partial charge in [0.15, 0.2) is 11.4 Å². The van der Waals surface area contributed by atoms with Gasteiger partial charge in [0.05, 0.1) is 11.1 Å². The number of hydrogen-bond donors (Lipinski definition) is 3. The van der Waals surface area contributed by atoms with Crippen LogP contribution in [0, 0.1) is 34.5 Å². The number of aliphatic hydroxyl groups is 2. The largest absolute Gasteiger partial charge is 0.507 e. The van der Waals surface area contributed by atoms with E-state index in [4.69, 9.17) is 0 Å². The van der Waals surface area contributed by atoms with Crippen LogP contribution in [-0.2, 0) is 19.2 Å². The first-order valence-electron chi connectivity index (χ1n) is 13.9.